The molecule has 1 amide bonds. The number of hydrogen-bond acceptors (Lipinski definition) is 9. The van der Waals surface area contributed by atoms with Crippen LogP contribution in [0.15, 0.2) is 79.1 Å². The number of halogens is 2. The number of benzene rings is 2. The normalized spacial score (nSPS) is 13.9. The number of nitrogens with two attached hydrogens (primary N) is 1. The highest BCUT2D eigenvalue weighted by Gasteiger charge is 2.18. The van der Waals surface area contributed by atoms with Crippen LogP contribution in [0.4, 0.5) is 20.4 Å². The molecule has 1 aliphatic rings. The maximum Gasteiger partial charge on any atom is 0.322 e. The standard InChI is InChI=1S/C32H29F2N9O2/c1-19-8-13-37-32(40-19)45-28-7-6-22(15-26(28)33)25-17-38-31(41-23-16-39-43(18-23)24-9-11-36-12-10-24)42-29(25)21-4-2-20(3-5-21)14-27(34)30(35)44/h2-8,13-18,24,36H,9-12H2,1H3,(H2,35,44)(H,38,41,42). The van der Waals surface area contributed by atoms with Gasteiger partial charge >= 0.3 is 6.01 Å². The highest BCUT2D eigenvalue weighted by molar-refractivity contribution is 5.94. The van der Waals surface area contributed by atoms with E-state index < -0.39 is 17.6 Å². The molecule has 228 valence electrons. The average molecular weight is 610 g/mol. The second-order valence-corrected chi connectivity index (χ2v) is 10.5. The molecular formula is C32H29F2N9O2. The van der Waals surface area contributed by atoms with Crippen LogP contribution in [-0.2, 0) is 4.79 Å². The van der Waals surface area contributed by atoms with Gasteiger partial charge in [-0.15, -0.1) is 0 Å². The molecule has 4 N–H and O–H groups in total. The monoisotopic (exact) mass is 609 g/mol. The summed E-state index contributed by atoms with van der Waals surface area (Å²) >= 11 is 0. The first kappa shape index (κ1) is 29.5. The number of aryl methyl sites for hydroxylation is 1. The van der Waals surface area contributed by atoms with Crippen molar-refractivity contribution in [3.05, 3.63) is 96.2 Å². The fourth-order valence-electron chi connectivity index (χ4n) is 4.96. The van der Waals surface area contributed by atoms with Crippen molar-refractivity contribution in [2.24, 2.45) is 5.73 Å². The molecule has 0 saturated carbocycles. The molecule has 1 fully saturated rings. The van der Waals surface area contributed by atoms with Crippen molar-refractivity contribution in [2.45, 2.75) is 25.8 Å². The van der Waals surface area contributed by atoms with Gasteiger partial charge < -0.3 is 21.1 Å². The highest BCUT2D eigenvalue weighted by atomic mass is 19.1. The van der Waals surface area contributed by atoms with Crippen molar-refractivity contribution in [3.8, 4) is 34.1 Å². The van der Waals surface area contributed by atoms with Gasteiger partial charge in [0.25, 0.3) is 5.91 Å². The second-order valence-electron chi connectivity index (χ2n) is 10.5. The molecule has 11 nitrogen and oxygen atoms in total. The number of rotatable bonds is 9. The van der Waals surface area contributed by atoms with Crippen molar-refractivity contribution >= 4 is 23.6 Å². The van der Waals surface area contributed by atoms with E-state index in [-0.39, 0.29) is 11.8 Å². The van der Waals surface area contributed by atoms with Gasteiger partial charge in [-0.05, 0) is 68.3 Å². The Bertz CT molecular complexity index is 1870. The predicted octanol–water partition coefficient (Wildman–Crippen LogP) is 5.50. The average Bonchev–Trinajstić information content (AvgIpc) is 3.51. The molecule has 1 saturated heterocycles. The van der Waals surface area contributed by atoms with E-state index in [2.05, 4.69) is 30.7 Å². The summed E-state index contributed by atoms with van der Waals surface area (Å²) in [6.07, 6.45) is 9.80. The number of aromatic nitrogens is 6. The molecule has 13 heteroatoms. The molecule has 3 aromatic heterocycles. The Morgan fingerprint density at radius 3 is 2.58 bits per heavy atom. The third kappa shape index (κ3) is 6.99. The van der Waals surface area contributed by atoms with Gasteiger partial charge in [0.15, 0.2) is 17.4 Å². The Hall–Kier alpha value is -5.56. The number of carbonyl (C=O) groups excluding carboxylic acids is 1. The van der Waals surface area contributed by atoms with Crippen LogP contribution >= 0.6 is 0 Å². The summed E-state index contributed by atoms with van der Waals surface area (Å²) in [7, 11) is 0. The van der Waals surface area contributed by atoms with Crippen LogP contribution in [0.5, 0.6) is 11.8 Å². The third-order valence-electron chi connectivity index (χ3n) is 7.26. The summed E-state index contributed by atoms with van der Waals surface area (Å²) in [5, 5.41) is 11.1. The van der Waals surface area contributed by atoms with E-state index in [1.165, 1.54) is 18.3 Å². The molecule has 45 heavy (non-hydrogen) atoms. The zero-order chi connectivity index (χ0) is 31.3. The van der Waals surface area contributed by atoms with E-state index in [1.807, 2.05) is 10.9 Å². The molecule has 0 spiro atoms. The number of anilines is 2. The molecular weight excluding hydrogens is 580 g/mol. The van der Waals surface area contributed by atoms with Gasteiger partial charge in [0.1, 0.15) is 0 Å². The maximum atomic E-state index is 15.3. The van der Waals surface area contributed by atoms with Crippen molar-refractivity contribution in [2.75, 3.05) is 18.4 Å². The molecule has 6 rings (SSSR count). The lowest BCUT2D eigenvalue weighted by atomic mass is 9.99. The molecule has 0 aliphatic carbocycles. The molecule has 0 atom stereocenters. The van der Waals surface area contributed by atoms with Gasteiger partial charge in [-0.25, -0.2) is 28.7 Å². The van der Waals surface area contributed by atoms with E-state index >= 15 is 4.39 Å². The summed E-state index contributed by atoms with van der Waals surface area (Å²) in [5.74, 6) is -2.57. The molecule has 1 aliphatic heterocycles. The topological polar surface area (TPSA) is 146 Å². The molecule has 0 radical (unpaired) electrons. The smallest absolute Gasteiger partial charge is 0.322 e. The number of piperidine rings is 1. The van der Waals surface area contributed by atoms with Crippen LogP contribution in [0, 0.1) is 12.7 Å². The quantitative estimate of drug-likeness (QED) is 0.184. The largest absolute Gasteiger partial charge is 0.421 e. The highest BCUT2D eigenvalue weighted by Crippen LogP contribution is 2.34. The van der Waals surface area contributed by atoms with Crippen molar-refractivity contribution < 1.29 is 18.3 Å². The molecule has 0 bridgehead atoms. The Morgan fingerprint density at radius 2 is 1.84 bits per heavy atom. The van der Waals surface area contributed by atoms with Crippen LogP contribution in [0.3, 0.4) is 0 Å². The fraction of sp³-hybridized carbons (Fsp3) is 0.188. The van der Waals surface area contributed by atoms with Gasteiger partial charge in [0.05, 0.1) is 23.6 Å². The van der Waals surface area contributed by atoms with E-state index in [9.17, 15) is 9.18 Å². The lowest BCUT2D eigenvalue weighted by Gasteiger charge is -2.22. The van der Waals surface area contributed by atoms with Crippen LogP contribution in [-0.4, -0.2) is 48.7 Å². The number of carbonyl (C=O) groups is 1. The number of hydrogen-bond donors (Lipinski definition) is 3. The first-order chi connectivity index (χ1) is 21.8. The van der Waals surface area contributed by atoms with E-state index in [0.717, 1.165) is 37.7 Å². The Labute approximate surface area is 257 Å². The maximum absolute atomic E-state index is 15.3. The number of amides is 1. The third-order valence-corrected chi connectivity index (χ3v) is 7.26. The Balaban J connectivity index is 1.33. The number of nitrogens with one attached hydrogen (secondary N) is 2. The molecule has 2 aromatic carbocycles. The Morgan fingerprint density at radius 1 is 1.07 bits per heavy atom. The first-order valence-electron chi connectivity index (χ1n) is 14.3. The molecule has 4 heterocycles. The van der Waals surface area contributed by atoms with Gasteiger partial charge in [-0.2, -0.15) is 5.10 Å². The van der Waals surface area contributed by atoms with E-state index in [1.54, 1.807) is 55.7 Å². The summed E-state index contributed by atoms with van der Waals surface area (Å²) in [6.45, 7) is 3.67. The summed E-state index contributed by atoms with van der Waals surface area (Å²) in [4.78, 5) is 28.6. The molecule has 5 aromatic rings. The first-order valence-corrected chi connectivity index (χ1v) is 14.3. The number of nitrogens with zero attached hydrogens (tertiary/aromatic N) is 6. The summed E-state index contributed by atoms with van der Waals surface area (Å²) in [5.41, 5.74) is 9.02. The Kier molecular flexibility index (Phi) is 8.51. The van der Waals surface area contributed by atoms with Gasteiger partial charge in [-0.1, -0.05) is 30.3 Å². The van der Waals surface area contributed by atoms with E-state index in [0.29, 0.717) is 45.6 Å². The van der Waals surface area contributed by atoms with Crippen LogP contribution in [0.2, 0.25) is 0 Å². The van der Waals surface area contributed by atoms with Crippen LogP contribution < -0.4 is 21.1 Å². The zero-order valence-electron chi connectivity index (χ0n) is 24.2. The van der Waals surface area contributed by atoms with Crippen LogP contribution in [0.25, 0.3) is 28.5 Å². The van der Waals surface area contributed by atoms with Crippen molar-refractivity contribution in [1.82, 2.24) is 35.0 Å². The summed E-state index contributed by atoms with van der Waals surface area (Å²) < 4.78 is 36.6. The van der Waals surface area contributed by atoms with Gasteiger partial charge in [-0.3, -0.25) is 9.48 Å². The molecule has 0 unspecified atom stereocenters. The zero-order valence-corrected chi connectivity index (χ0v) is 24.2. The fourth-order valence-corrected chi connectivity index (χ4v) is 4.96. The minimum atomic E-state index is -1.15. The lowest BCUT2D eigenvalue weighted by Crippen LogP contribution is -2.29. The predicted molar refractivity (Wildman–Crippen MR) is 165 cm³/mol. The number of primary amides is 1. The van der Waals surface area contributed by atoms with Crippen molar-refractivity contribution in [1.29, 1.82) is 0 Å². The van der Waals surface area contributed by atoms with E-state index in [4.69, 9.17) is 15.5 Å². The number of ether oxygens (including phenoxy) is 1. The van der Waals surface area contributed by atoms with Gasteiger partial charge in [0.2, 0.25) is 5.95 Å². The minimum absolute atomic E-state index is 0.0338. The second kappa shape index (κ2) is 13.0. The van der Waals surface area contributed by atoms with Crippen molar-refractivity contribution in [3.63, 3.8) is 0 Å². The lowest BCUT2D eigenvalue weighted by molar-refractivity contribution is -0.115. The summed E-state index contributed by atoms with van der Waals surface area (Å²) in [6, 6.07) is 13.2. The minimum Gasteiger partial charge on any atom is -0.421 e. The van der Waals surface area contributed by atoms with Gasteiger partial charge in [0, 0.05) is 35.4 Å². The SMILES string of the molecule is Cc1ccnc(Oc2ccc(-c3cnc(Nc4cnn(C5CCNCC5)c4)nc3-c3ccc(C=C(F)C(N)=O)cc3)cc2F)n1. The van der Waals surface area contributed by atoms with Crippen LogP contribution in [0.1, 0.15) is 30.1 Å².